The molecule has 0 bridgehead atoms. The largest absolute Gasteiger partial charge is 0.480 e. The van der Waals surface area contributed by atoms with E-state index in [9.17, 15) is 14.7 Å². The maximum absolute atomic E-state index is 12.7. The van der Waals surface area contributed by atoms with Crippen molar-refractivity contribution in [1.82, 2.24) is 4.90 Å². The van der Waals surface area contributed by atoms with E-state index in [1.165, 1.54) is 4.90 Å². The quantitative estimate of drug-likeness (QED) is 0.799. The second-order valence-corrected chi connectivity index (χ2v) is 6.92. The zero-order valence-corrected chi connectivity index (χ0v) is 13.7. The molecule has 0 aliphatic carbocycles. The van der Waals surface area contributed by atoms with Gasteiger partial charge in [-0.1, -0.05) is 13.8 Å². The Kier molecular flexibility index (Phi) is 4.27. The Labute approximate surface area is 132 Å². The van der Waals surface area contributed by atoms with Gasteiger partial charge in [0.05, 0.1) is 0 Å². The lowest BCUT2D eigenvalue weighted by Gasteiger charge is -2.44. The molecule has 1 aliphatic rings. The van der Waals surface area contributed by atoms with Gasteiger partial charge in [-0.25, -0.2) is 4.79 Å². The number of nitrogen functional groups attached to an aromatic ring is 1. The van der Waals surface area contributed by atoms with Gasteiger partial charge in [-0.05, 0) is 52.4 Å². The highest BCUT2D eigenvalue weighted by molar-refractivity contribution is 9.10. The molecule has 1 fully saturated rings. The summed E-state index contributed by atoms with van der Waals surface area (Å²) in [6, 6.07) is 4.10. The highest BCUT2D eigenvalue weighted by atomic mass is 79.9. The topological polar surface area (TPSA) is 83.6 Å². The van der Waals surface area contributed by atoms with Crippen LogP contribution in [0.4, 0.5) is 5.69 Å². The molecule has 0 spiro atoms. The van der Waals surface area contributed by atoms with E-state index in [0.717, 1.165) is 12.8 Å². The third-order valence-corrected chi connectivity index (χ3v) is 4.70. The smallest absolute Gasteiger partial charge is 0.326 e. The fourth-order valence-electron chi connectivity index (χ4n) is 2.91. The van der Waals surface area contributed by atoms with E-state index >= 15 is 0 Å². The zero-order valence-electron chi connectivity index (χ0n) is 12.1. The van der Waals surface area contributed by atoms with Gasteiger partial charge in [-0.15, -0.1) is 0 Å². The summed E-state index contributed by atoms with van der Waals surface area (Å²) in [5.74, 6) is -1.22. The predicted octanol–water partition coefficient (Wildman–Crippen LogP) is 2.75. The number of likely N-dealkylation sites (tertiary alicyclic amines) is 1. The van der Waals surface area contributed by atoms with Gasteiger partial charge in [0.25, 0.3) is 5.91 Å². The maximum Gasteiger partial charge on any atom is 0.326 e. The summed E-state index contributed by atoms with van der Waals surface area (Å²) < 4.78 is 0.636. The number of halogens is 1. The second-order valence-electron chi connectivity index (χ2n) is 6.07. The first-order valence-corrected chi connectivity index (χ1v) is 7.62. The van der Waals surface area contributed by atoms with Crippen LogP contribution in [-0.4, -0.2) is 34.5 Å². The van der Waals surface area contributed by atoms with Gasteiger partial charge in [-0.2, -0.15) is 0 Å². The van der Waals surface area contributed by atoms with Crippen molar-refractivity contribution in [3.63, 3.8) is 0 Å². The molecule has 3 N–H and O–H groups in total. The molecule has 1 unspecified atom stereocenters. The van der Waals surface area contributed by atoms with Crippen molar-refractivity contribution in [3.05, 3.63) is 28.2 Å². The average Bonchev–Trinajstić information content (AvgIpc) is 2.39. The minimum Gasteiger partial charge on any atom is -0.480 e. The summed E-state index contributed by atoms with van der Waals surface area (Å²) >= 11 is 3.29. The summed E-state index contributed by atoms with van der Waals surface area (Å²) in [7, 11) is 0. The Morgan fingerprint density at radius 2 is 2.10 bits per heavy atom. The molecule has 1 amide bonds. The van der Waals surface area contributed by atoms with E-state index in [4.69, 9.17) is 5.73 Å². The molecule has 21 heavy (non-hydrogen) atoms. The number of rotatable bonds is 2. The number of amides is 1. The molecule has 1 atom stereocenters. The minimum atomic E-state index is -0.956. The van der Waals surface area contributed by atoms with Crippen LogP contribution in [0.25, 0.3) is 0 Å². The zero-order chi connectivity index (χ0) is 15.8. The number of carbonyl (C=O) groups is 2. The lowest BCUT2D eigenvalue weighted by atomic mass is 9.76. The van der Waals surface area contributed by atoms with Gasteiger partial charge >= 0.3 is 5.97 Å². The van der Waals surface area contributed by atoms with Crippen LogP contribution in [-0.2, 0) is 4.79 Å². The van der Waals surface area contributed by atoms with Crippen molar-refractivity contribution in [3.8, 4) is 0 Å². The van der Waals surface area contributed by atoms with Crippen LogP contribution < -0.4 is 5.73 Å². The first-order chi connectivity index (χ1) is 9.74. The third-order valence-electron chi connectivity index (χ3n) is 4.01. The van der Waals surface area contributed by atoms with Crippen molar-refractivity contribution in [1.29, 1.82) is 0 Å². The van der Waals surface area contributed by atoms with Crippen molar-refractivity contribution < 1.29 is 14.7 Å². The van der Waals surface area contributed by atoms with Crippen molar-refractivity contribution in [2.45, 2.75) is 32.7 Å². The van der Waals surface area contributed by atoms with Crippen LogP contribution in [0.1, 0.15) is 37.0 Å². The van der Waals surface area contributed by atoms with Crippen LogP contribution in [0.5, 0.6) is 0 Å². The highest BCUT2D eigenvalue weighted by Gasteiger charge is 2.44. The molecule has 0 aromatic heterocycles. The van der Waals surface area contributed by atoms with E-state index in [1.807, 2.05) is 13.8 Å². The molecule has 0 radical (unpaired) electrons. The first-order valence-electron chi connectivity index (χ1n) is 6.83. The highest BCUT2D eigenvalue weighted by Crippen LogP contribution is 2.36. The minimum absolute atomic E-state index is 0.268. The van der Waals surface area contributed by atoms with Crippen LogP contribution in [0.2, 0.25) is 0 Å². The Morgan fingerprint density at radius 1 is 1.43 bits per heavy atom. The molecule has 1 aromatic carbocycles. The summed E-state index contributed by atoms with van der Waals surface area (Å²) in [5, 5.41) is 9.52. The molecule has 114 valence electrons. The van der Waals surface area contributed by atoms with Crippen LogP contribution >= 0.6 is 15.9 Å². The number of nitrogens with two attached hydrogens (primary N) is 1. The second kappa shape index (κ2) is 5.67. The molecule has 1 saturated heterocycles. The Morgan fingerprint density at radius 3 is 2.67 bits per heavy atom. The van der Waals surface area contributed by atoms with Crippen molar-refractivity contribution in [2.24, 2.45) is 5.41 Å². The number of hydrogen-bond donors (Lipinski definition) is 2. The van der Waals surface area contributed by atoms with E-state index in [-0.39, 0.29) is 5.91 Å². The monoisotopic (exact) mass is 354 g/mol. The van der Waals surface area contributed by atoms with E-state index in [2.05, 4.69) is 15.9 Å². The molecule has 6 heteroatoms. The Bertz CT molecular complexity index is 586. The molecule has 1 heterocycles. The normalized spacial score (nSPS) is 21.1. The molecule has 2 rings (SSSR count). The summed E-state index contributed by atoms with van der Waals surface area (Å²) in [6.07, 6.45) is 1.60. The third kappa shape index (κ3) is 3.05. The van der Waals surface area contributed by atoms with Gasteiger partial charge < -0.3 is 15.7 Å². The van der Waals surface area contributed by atoms with Crippen LogP contribution in [0.15, 0.2) is 22.7 Å². The maximum atomic E-state index is 12.7. The molecule has 1 aromatic rings. The number of anilines is 1. The lowest BCUT2D eigenvalue weighted by molar-refractivity contribution is -0.148. The SMILES string of the molecule is CC1(C)CCCN(C(=O)c2ccc(N)c(Br)c2)C1C(=O)O. The standard InChI is InChI=1S/C15H19BrN2O3/c1-15(2)6-3-7-18(12(15)14(20)21)13(19)9-4-5-11(17)10(16)8-9/h4-5,8,12H,3,6-7,17H2,1-2H3,(H,20,21). The molecular formula is C15H19BrN2O3. The lowest BCUT2D eigenvalue weighted by Crippen LogP contribution is -2.56. The number of carboxylic acid groups (broad SMARTS) is 1. The van der Waals surface area contributed by atoms with E-state index in [1.54, 1.807) is 18.2 Å². The Hall–Kier alpha value is -1.56. The van der Waals surface area contributed by atoms with E-state index < -0.39 is 17.4 Å². The van der Waals surface area contributed by atoms with Gasteiger partial charge in [0.1, 0.15) is 6.04 Å². The number of piperidine rings is 1. The summed E-state index contributed by atoms with van der Waals surface area (Å²) in [6.45, 7) is 4.25. The summed E-state index contributed by atoms with van der Waals surface area (Å²) in [5.41, 5.74) is 6.27. The number of aliphatic carboxylic acids is 1. The molecule has 0 saturated carbocycles. The van der Waals surface area contributed by atoms with Crippen LogP contribution in [0, 0.1) is 5.41 Å². The predicted molar refractivity (Wildman–Crippen MR) is 84.0 cm³/mol. The fraction of sp³-hybridized carbons (Fsp3) is 0.467. The molecular weight excluding hydrogens is 336 g/mol. The number of carboxylic acids is 1. The molecule has 5 nitrogen and oxygen atoms in total. The Balaban J connectivity index is 2.35. The average molecular weight is 355 g/mol. The van der Waals surface area contributed by atoms with Crippen molar-refractivity contribution in [2.75, 3.05) is 12.3 Å². The van der Waals surface area contributed by atoms with Gasteiger partial charge in [-0.3, -0.25) is 4.79 Å². The summed E-state index contributed by atoms with van der Waals surface area (Å²) in [4.78, 5) is 25.7. The number of carbonyl (C=O) groups excluding carboxylic acids is 1. The van der Waals surface area contributed by atoms with Gasteiger partial charge in [0.15, 0.2) is 0 Å². The first kappa shape index (κ1) is 15.8. The van der Waals surface area contributed by atoms with Gasteiger partial charge in [0.2, 0.25) is 0 Å². The molecule has 1 aliphatic heterocycles. The van der Waals surface area contributed by atoms with Gasteiger partial charge in [0, 0.05) is 22.3 Å². The van der Waals surface area contributed by atoms with Crippen molar-refractivity contribution >= 4 is 33.5 Å². The number of hydrogen-bond acceptors (Lipinski definition) is 3. The number of benzene rings is 1. The van der Waals surface area contributed by atoms with E-state index in [0.29, 0.717) is 22.3 Å². The fourth-order valence-corrected chi connectivity index (χ4v) is 3.28. The van der Waals surface area contributed by atoms with Crippen LogP contribution in [0.3, 0.4) is 0 Å². The number of nitrogens with zero attached hydrogens (tertiary/aromatic N) is 1.